The standard InChI is InChI=1S/C68H124N16O11/c1-13-45(12)57(68(95)82-54(38-43(8)9)64(91)78-50(29-19-23-33-71)62(89)83-56(44(10)11)67(94)79-52(58(74)85)36-41(4)5)84-63(90)51(30-20-24-34-72)76-60(87)49(28-18-22-32-70)77-66(93)55(39-46-25-15-14-16-26-46)81-65(92)53(37-42(6)7)80-61(88)48(27-17-21-31-69)75-59(86)47(73)35-40(2)3/h14-16,25-26,40-45,47-57H,13,17-24,27-39,69-73H2,1-12H3,(H2,74,85)(H,75,86)(H,76,87)(H,77,93)(H,78,91)(H,79,94)(H,80,88)(H,81,92)(H,82,95)(H,83,89)(H,84,90)/t45-,47-,48-,49-,50-,51-,52-,53-,54-,55-,56-,57-/m0/s1. The molecule has 0 unspecified atom stereocenters. The number of hydrogen-bond acceptors (Lipinski definition) is 16. The molecule has 22 N–H and O–H groups in total. The molecule has 0 heterocycles. The normalized spacial score (nSPS) is 15.3. The molecule has 0 saturated heterocycles. The number of hydrogen-bond donors (Lipinski definition) is 16. The molecule has 1 aromatic rings. The molecule has 0 aliphatic carbocycles. The predicted molar refractivity (Wildman–Crippen MR) is 370 cm³/mol. The summed E-state index contributed by atoms with van der Waals surface area (Å²) in [4.78, 5) is 155. The van der Waals surface area contributed by atoms with Crippen molar-refractivity contribution in [2.75, 3.05) is 26.2 Å². The maximum atomic E-state index is 14.8. The number of primary amides is 1. The minimum atomic E-state index is -1.30. The van der Waals surface area contributed by atoms with Crippen molar-refractivity contribution in [1.82, 2.24) is 53.2 Å². The largest absolute Gasteiger partial charge is 0.368 e. The van der Waals surface area contributed by atoms with Crippen LogP contribution >= 0.6 is 0 Å². The molecule has 12 atom stereocenters. The summed E-state index contributed by atoms with van der Waals surface area (Å²) in [5.41, 5.74) is 35.9. The third-order valence-electron chi connectivity index (χ3n) is 16.4. The van der Waals surface area contributed by atoms with E-state index in [1.165, 1.54) is 0 Å². The van der Waals surface area contributed by atoms with Gasteiger partial charge in [-0.2, -0.15) is 0 Å². The third-order valence-corrected chi connectivity index (χ3v) is 16.4. The highest BCUT2D eigenvalue weighted by Crippen LogP contribution is 2.17. The minimum Gasteiger partial charge on any atom is -0.368 e. The first-order chi connectivity index (χ1) is 44.8. The zero-order chi connectivity index (χ0) is 71.9. The van der Waals surface area contributed by atoms with Crippen LogP contribution < -0.4 is 87.6 Å². The Bertz CT molecular complexity index is 2500. The van der Waals surface area contributed by atoms with Crippen molar-refractivity contribution in [1.29, 1.82) is 0 Å². The van der Waals surface area contributed by atoms with Crippen LogP contribution in [0, 0.1) is 35.5 Å². The molecule has 0 radical (unpaired) electrons. The number of nitrogens with one attached hydrogen (secondary N) is 10. The molecular formula is C68H124N16O11. The monoisotopic (exact) mass is 1340 g/mol. The van der Waals surface area contributed by atoms with E-state index in [-0.39, 0.29) is 88.1 Å². The van der Waals surface area contributed by atoms with Crippen LogP contribution in [0.1, 0.15) is 198 Å². The molecular weight excluding hydrogens is 1220 g/mol. The second-order valence-corrected chi connectivity index (χ2v) is 27.4. The fourth-order valence-corrected chi connectivity index (χ4v) is 10.8. The van der Waals surface area contributed by atoms with Gasteiger partial charge in [-0.15, -0.1) is 0 Å². The highest BCUT2D eigenvalue weighted by atomic mass is 16.2. The van der Waals surface area contributed by atoms with Crippen LogP contribution in [0.3, 0.4) is 0 Å². The molecule has 11 amide bonds. The number of benzene rings is 1. The lowest BCUT2D eigenvalue weighted by atomic mass is 9.95. The minimum absolute atomic E-state index is 0.0196. The first kappa shape index (κ1) is 86.2. The van der Waals surface area contributed by atoms with E-state index >= 15 is 0 Å². The number of unbranched alkanes of at least 4 members (excludes halogenated alkanes) is 4. The third kappa shape index (κ3) is 34.6. The van der Waals surface area contributed by atoms with E-state index in [0.717, 1.165) is 0 Å². The van der Waals surface area contributed by atoms with Crippen molar-refractivity contribution < 1.29 is 52.7 Å². The topological polar surface area (TPSA) is 464 Å². The summed E-state index contributed by atoms with van der Waals surface area (Å²) in [6, 6.07) is -3.80. The Morgan fingerprint density at radius 3 is 1.00 bits per heavy atom. The van der Waals surface area contributed by atoms with E-state index in [1.54, 1.807) is 51.1 Å². The van der Waals surface area contributed by atoms with Gasteiger partial charge in [0.2, 0.25) is 65.0 Å². The lowest BCUT2D eigenvalue weighted by Gasteiger charge is -2.30. The smallest absolute Gasteiger partial charge is 0.243 e. The van der Waals surface area contributed by atoms with Crippen LogP contribution in [-0.2, 0) is 59.2 Å². The first-order valence-corrected chi connectivity index (χ1v) is 34.8. The summed E-state index contributed by atoms with van der Waals surface area (Å²) in [7, 11) is 0. The second kappa shape index (κ2) is 47.2. The van der Waals surface area contributed by atoms with Gasteiger partial charge >= 0.3 is 0 Å². The van der Waals surface area contributed by atoms with Gasteiger partial charge in [0, 0.05) is 6.42 Å². The van der Waals surface area contributed by atoms with Gasteiger partial charge in [0.05, 0.1) is 6.04 Å². The molecule has 1 aromatic carbocycles. The Labute approximate surface area is 565 Å². The number of nitrogens with two attached hydrogens (primary N) is 6. The highest BCUT2D eigenvalue weighted by molar-refractivity contribution is 5.99. The fraction of sp³-hybridized carbons (Fsp3) is 0.750. The van der Waals surface area contributed by atoms with Crippen LogP contribution in [0.5, 0.6) is 0 Å². The van der Waals surface area contributed by atoms with Gasteiger partial charge in [-0.1, -0.05) is 120 Å². The van der Waals surface area contributed by atoms with Crippen molar-refractivity contribution in [3.05, 3.63) is 35.9 Å². The van der Waals surface area contributed by atoms with Gasteiger partial charge in [-0.25, -0.2) is 0 Å². The number of amides is 11. The Balaban J connectivity index is 3.72. The SMILES string of the molecule is CC[C@H](C)[C@H](NC(=O)[C@H](CCCCN)NC(=O)[C@H](CCCCN)NC(=O)[C@H](Cc1ccccc1)NC(=O)[C@H](CC(C)C)NC(=O)[C@H](CCCCN)NC(=O)[C@@H](N)CC(C)C)C(=O)N[C@@H](CC(C)C)C(=O)N[C@@H](CCCCN)C(=O)N[C@H](C(=O)N[C@@H](CC(C)C)C(N)=O)C(C)C. The Hall–Kier alpha value is -6.81. The Morgan fingerprint density at radius 2 is 0.642 bits per heavy atom. The summed E-state index contributed by atoms with van der Waals surface area (Å²) in [6.07, 6.45) is 5.47. The second-order valence-electron chi connectivity index (χ2n) is 27.4. The van der Waals surface area contributed by atoms with E-state index in [0.29, 0.717) is 82.9 Å². The van der Waals surface area contributed by atoms with Gasteiger partial charge in [-0.3, -0.25) is 52.7 Å². The quantitative estimate of drug-likeness (QED) is 0.0409. The molecule has 0 bridgehead atoms. The van der Waals surface area contributed by atoms with Crippen LogP contribution in [0.25, 0.3) is 0 Å². The number of carbonyl (C=O) groups excluding carboxylic acids is 11. The van der Waals surface area contributed by atoms with Gasteiger partial charge in [0.25, 0.3) is 0 Å². The highest BCUT2D eigenvalue weighted by Gasteiger charge is 2.38. The lowest BCUT2D eigenvalue weighted by Crippen LogP contribution is -2.62. The molecule has 0 aromatic heterocycles. The number of carbonyl (C=O) groups is 11. The molecule has 1 rings (SSSR count). The molecule has 27 nitrogen and oxygen atoms in total. The molecule has 27 heteroatoms. The zero-order valence-corrected chi connectivity index (χ0v) is 59.2. The molecule has 0 aliphatic heterocycles. The van der Waals surface area contributed by atoms with Crippen molar-refractivity contribution in [3.8, 4) is 0 Å². The van der Waals surface area contributed by atoms with E-state index in [1.807, 2.05) is 62.3 Å². The van der Waals surface area contributed by atoms with Crippen molar-refractivity contribution in [3.63, 3.8) is 0 Å². The summed E-state index contributed by atoms with van der Waals surface area (Å²) in [5, 5.41) is 28.1. The molecule has 542 valence electrons. The summed E-state index contributed by atoms with van der Waals surface area (Å²) in [6.45, 7) is 23.3. The maximum absolute atomic E-state index is 14.8. The maximum Gasteiger partial charge on any atom is 0.243 e. The average Bonchev–Trinajstić information content (AvgIpc) is 0.909. The van der Waals surface area contributed by atoms with E-state index in [9.17, 15) is 52.7 Å². The number of rotatable bonds is 50. The molecule has 0 spiro atoms. The van der Waals surface area contributed by atoms with Crippen molar-refractivity contribution in [2.24, 2.45) is 69.9 Å². The molecule has 0 fully saturated rings. The average molecular weight is 1340 g/mol. The van der Waals surface area contributed by atoms with E-state index in [4.69, 9.17) is 34.4 Å². The van der Waals surface area contributed by atoms with Crippen molar-refractivity contribution >= 4 is 65.0 Å². The van der Waals surface area contributed by atoms with E-state index < -0.39 is 143 Å². The fourth-order valence-electron chi connectivity index (χ4n) is 10.8. The van der Waals surface area contributed by atoms with Crippen LogP contribution in [-0.4, -0.2) is 158 Å². The predicted octanol–water partition coefficient (Wildman–Crippen LogP) is 1.29. The Kier molecular flexibility index (Phi) is 42.8. The van der Waals surface area contributed by atoms with E-state index in [2.05, 4.69) is 53.2 Å². The first-order valence-electron chi connectivity index (χ1n) is 34.8. The van der Waals surface area contributed by atoms with Gasteiger partial charge in [0.15, 0.2) is 0 Å². The molecule has 0 saturated carbocycles. The van der Waals surface area contributed by atoms with Gasteiger partial charge in [0.1, 0.15) is 60.4 Å². The van der Waals surface area contributed by atoms with Crippen molar-refractivity contribution in [2.45, 2.75) is 265 Å². The van der Waals surface area contributed by atoms with Gasteiger partial charge < -0.3 is 87.6 Å². The molecule has 0 aliphatic rings. The van der Waals surface area contributed by atoms with Gasteiger partial charge in [-0.05, 0) is 170 Å². The van der Waals surface area contributed by atoms with Crippen LogP contribution in [0.15, 0.2) is 30.3 Å². The zero-order valence-electron chi connectivity index (χ0n) is 59.2. The summed E-state index contributed by atoms with van der Waals surface area (Å²) in [5.74, 6) is -8.59. The summed E-state index contributed by atoms with van der Waals surface area (Å²) >= 11 is 0. The lowest BCUT2D eigenvalue weighted by molar-refractivity contribution is -0.137. The summed E-state index contributed by atoms with van der Waals surface area (Å²) < 4.78 is 0. The van der Waals surface area contributed by atoms with Crippen LogP contribution in [0.2, 0.25) is 0 Å². The molecule has 95 heavy (non-hydrogen) atoms. The Morgan fingerprint density at radius 1 is 0.347 bits per heavy atom. The van der Waals surface area contributed by atoms with Crippen LogP contribution in [0.4, 0.5) is 0 Å².